The van der Waals surface area contributed by atoms with Crippen molar-refractivity contribution in [3.63, 3.8) is 0 Å². The van der Waals surface area contributed by atoms with E-state index in [0.29, 0.717) is 17.1 Å². The van der Waals surface area contributed by atoms with Crippen LogP contribution in [-0.4, -0.2) is 15.8 Å². The summed E-state index contributed by atoms with van der Waals surface area (Å²) in [7, 11) is 0. The molecule has 6 heteroatoms. The summed E-state index contributed by atoms with van der Waals surface area (Å²) in [6.45, 7) is 3.77. The monoisotopic (exact) mass is 320 g/mol. The molecule has 0 saturated heterocycles. The van der Waals surface area contributed by atoms with Crippen molar-refractivity contribution in [2.24, 2.45) is 5.73 Å². The molecule has 0 atom stereocenters. The van der Waals surface area contributed by atoms with E-state index in [-0.39, 0.29) is 11.8 Å². The van der Waals surface area contributed by atoms with E-state index in [1.54, 1.807) is 13.0 Å². The Kier molecular flexibility index (Phi) is 3.80. The average molecular weight is 321 g/mol. The zero-order valence-electron chi connectivity index (χ0n) is 10.6. The molecule has 0 saturated carbocycles. The predicted octanol–water partition coefficient (Wildman–Crippen LogP) is 2.93. The minimum atomic E-state index is -0.109. The van der Waals surface area contributed by atoms with Crippen LogP contribution in [0.4, 0.5) is 0 Å². The molecule has 1 aromatic carbocycles. The Morgan fingerprint density at radius 1 is 1.26 bits per heavy atom. The molecular weight excluding hydrogens is 308 g/mol. The van der Waals surface area contributed by atoms with Crippen LogP contribution in [0.5, 0.6) is 11.8 Å². The van der Waals surface area contributed by atoms with Gasteiger partial charge in [0, 0.05) is 10.2 Å². The molecule has 0 spiro atoms. The summed E-state index contributed by atoms with van der Waals surface area (Å²) in [4.78, 5) is 8.25. The van der Waals surface area contributed by atoms with Crippen LogP contribution >= 0.6 is 15.9 Å². The van der Waals surface area contributed by atoms with Crippen LogP contribution in [0.3, 0.4) is 0 Å². The maximum atomic E-state index is 7.40. The van der Waals surface area contributed by atoms with E-state index < -0.39 is 0 Å². The summed E-state index contributed by atoms with van der Waals surface area (Å²) in [5.41, 5.74) is 7.53. The molecule has 0 radical (unpaired) electrons. The Morgan fingerprint density at radius 2 is 2.00 bits per heavy atom. The molecule has 0 amide bonds. The lowest BCUT2D eigenvalue weighted by atomic mass is 10.2. The molecule has 19 heavy (non-hydrogen) atoms. The van der Waals surface area contributed by atoms with Crippen molar-refractivity contribution in [1.82, 2.24) is 9.97 Å². The summed E-state index contributed by atoms with van der Waals surface area (Å²) in [6, 6.07) is 7.42. The quantitative estimate of drug-likeness (QED) is 0.672. The van der Waals surface area contributed by atoms with Gasteiger partial charge in [-0.15, -0.1) is 0 Å². The SMILES string of the molecule is Cc1cc(C(=N)N)nc(Oc2ccc(Br)c(C)c2)n1. The smallest absolute Gasteiger partial charge is 0.322 e. The van der Waals surface area contributed by atoms with Gasteiger partial charge in [0.2, 0.25) is 0 Å². The van der Waals surface area contributed by atoms with E-state index >= 15 is 0 Å². The Balaban J connectivity index is 2.32. The van der Waals surface area contributed by atoms with Gasteiger partial charge in [0.1, 0.15) is 17.3 Å². The highest BCUT2D eigenvalue weighted by atomic mass is 79.9. The molecule has 1 heterocycles. The van der Waals surface area contributed by atoms with Crippen molar-refractivity contribution in [2.45, 2.75) is 13.8 Å². The highest BCUT2D eigenvalue weighted by Gasteiger charge is 2.07. The van der Waals surface area contributed by atoms with Crippen molar-refractivity contribution >= 4 is 21.8 Å². The van der Waals surface area contributed by atoms with Crippen LogP contribution in [0.2, 0.25) is 0 Å². The molecule has 0 unspecified atom stereocenters. The molecule has 1 aromatic heterocycles. The summed E-state index contributed by atoms with van der Waals surface area (Å²) in [6.07, 6.45) is 0. The third kappa shape index (κ3) is 3.29. The zero-order valence-corrected chi connectivity index (χ0v) is 12.2. The fourth-order valence-corrected chi connectivity index (χ4v) is 1.76. The maximum Gasteiger partial charge on any atom is 0.322 e. The van der Waals surface area contributed by atoms with Gasteiger partial charge in [-0.1, -0.05) is 15.9 Å². The van der Waals surface area contributed by atoms with Gasteiger partial charge in [-0.2, -0.15) is 4.98 Å². The number of hydrogen-bond donors (Lipinski definition) is 2. The Hall–Kier alpha value is -1.95. The minimum Gasteiger partial charge on any atom is -0.424 e. The van der Waals surface area contributed by atoms with E-state index in [2.05, 4.69) is 25.9 Å². The molecule has 3 N–H and O–H groups in total. The van der Waals surface area contributed by atoms with Crippen molar-refractivity contribution in [3.8, 4) is 11.8 Å². The fraction of sp³-hybridized carbons (Fsp3) is 0.154. The molecule has 0 aliphatic heterocycles. The van der Waals surface area contributed by atoms with Crippen LogP contribution in [0.25, 0.3) is 0 Å². The maximum absolute atomic E-state index is 7.40. The molecule has 98 valence electrons. The van der Waals surface area contributed by atoms with Gasteiger partial charge in [0.25, 0.3) is 0 Å². The number of ether oxygens (including phenoxy) is 1. The van der Waals surface area contributed by atoms with Crippen LogP contribution in [0, 0.1) is 19.3 Å². The van der Waals surface area contributed by atoms with Gasteiger partial charge < -0.3 is 10.5 Å². The molecule has 5 nitrogen and oxygen atoms in total. The Bertz CT molecular complexity index is 643. The summed E-state index contributed by atoms with van der Waals surface area (Å²) in [5.74, 6) is 0.531. The summed E-state index contributed by atoms with van der Waals surface area (Å²) >= 11 is 3.43. The van der Waals surface area contributed by atoms with Gasteiger partial charge >= 0.3 is 6.01 Å². The van der Waals surface area contributed by atoms with E-state index in [9.17, 15) is 0 Å². The second kappa shape index (κ2) is 5.36. The minimum absolute atomic E-state index is 0.109. The predicted molar refractivity (Wildman–Crippen MR) is 76.7 cm³/mol. The Morgan fingerprint density at radius 3 is 2.63 bits per heavy atom. The first-order chi connectivity index (χ1) is 8.95. The Labute approximate surface area is 119 Å². The number of benzene rings is 1. The molecular formula is C13H13BrN4O. The topological polar surface area (TPSA) is 84.9 Å². The van der Waals surface area contributed by atoms with E-state index in [1.807, 2.05) is 25.1 Å². The number of aromatic nitrogens is 2. The molecule has 0 fully saturated rings. The second-order valence-corrected chi connectivity index (χ2v) is 4.96. The third-order valence-corrected chi connectivity index (χ3v) is 3.34. The lowest BCUT2D eigenvalue weighted by molar-refractivity contribution is 0.439. The highest BCUT2D eigenvalue weighted by molar-refractivity contribution is 9.10. The summed E-state index contributed by atoms with van der Waals surface area (Å²) in [5, 5.41) is 7.40. The number of amidine groups is 1. The van der Waals surface area contributed by atoms with Crippen LogP contribution < -0.4 is 10.5 Å². The number of nitrogens with one attached hydrogen (secondary N) is 1. The summed E-state index contributed by atoms with van der Waals surface area (Å²) < 4.78 is 6.60. The first-order valence-electron chi connectivity index (χ1n) is 5.60. The fourth-order valence-electron chi connectivity index (χ4n) is 1.51. The number of rotatable bonds is 3. The molecule has 0 aliphatic carbocycles. The largest absolute Gasteiger partial charge is 0.424 e. The van der Waals surface area contributed by atoms with Gasteiger partial charge in [-0.3, -0.25) is 5.41 Å². The first kappa shape index (κ1) is 13.5. The average Bonchev–Trinajstić information content (AvgIpc) is 2.33. The van der Waals surface area contributed by atoms with Crippen molar-refractivity contribution in [3.05, 3.63) is 45.7 Å². The lowest BCUT2D eigenvalue weighted by Crippen LogP contribution is -2.14. The number of halogens is 1. The molecule has 2 rings (SSSR count). The van der Waals surface area contributed by atoms with E-state index in [4.69, 9.17) is 15.9 Å². The van der Waals surface area contributed by atoms with Gasteiger partial charge in [0.15, 0.2) is 0 Å². The number of aryl methyl sites for hydroxylation is 2. The molecule has 2 aromatic rings. The number of nitrogens with two attached hydrogens (primary N) is 1. The first-order valence-corrected chi connectivity index (χ1v) is 6.39. The van der Waals surface area contributed by atoms with E-state index in [1.165, 1.54) is 0 Å². The third-order valence-electron chi connectivity index (χ3n) is 2.45. The normalized spacial score (nSPS) is 10.3. The van der Waals surface area contributed by atoms with Crippen LogP contribution in [0.1, 0.15) is 17.0 Å². The lowest BCUT2D eigenvalue weighted by Gasteiger charge is -2.07. The van der Waals surface area contributed by atoms with Gasteiger partial charge in [0.05, 0.1) is 0 Å². The van der Waals surface area contributed by atoms with Crippen molar-refractivity contribution in [2.75, 3.05) is 0 Å². The van der Waals surface area contributed by atoms with Gasteiger partial charge in [-0.05, 0) is 43.7 Å². The van der Waals surface area contributed by atoms with Gasteiger partial charge in [-0.25, -0.2) is 4.98 Å². The standard InChI is InChI=1S/C13H13BrN4O/c1-7-5-9(3-4-10(7)14)19-13-17-8(2)6-11(18-13)12(15)16/h3-6H,1-2H3,(H3,15,16). The molecule has 0 bridgehead atoms. The van der Waals surface area contributed by atoms with Crippen LogP contribution in [-0.2, 0) is 0 Å². The van der Waals surface area contributed by atoms with Crippen molar-refractivity contribution < 1.29 is 4.74 Å². The highest BCUT2D eigenvalue weighted by Crippen LogP contribution is 2.24. The number of nitrogen functional groups attached to an aromatic ring is 1. The van der Waals surface area contributed by atoms with Crippen LogP contribution in [0.15, 0.2) is 28.7 Å². The zero-order chi connectivity index (χ0) is 14.0. The van der Waals surface area contributed by atoms with E-state index in [0.717, 1.165) is 10.0 Å². The number of nitrogens with zero attached hydrogens (tertiary/aromatic N) is 2. The van der Waals surface area contributed by atoms with Crippen molar-refractivity contribution in [1.29, 1.82) is 5.41 Å². The molecule has 0 aliphatic rings. The second-order valence-electron chi connectivity index (χ2n) is 4.10. The number of hydrogen-bond acceptors (Lipinski definition) is 4.